The number of nitrogens with zero attached hydrogens (tertiary/aromatic N) is 1. The van der Waals surface area contributed by atoms with Gasteiger partial charge in [-0.2, -0.15) is 0 Å². The lowest BCUT2D eigenvalue weighted by atomic mass is 9.53. The maximum atomic E-state index is 13.7. The van der Waals surface area contributed by atoms with E-state index in [0.29, 0.717) is 37.1 Å². The van der Waals surface area contributed by atoms with Crippen molar-refractivity contribution in [3.05, 3.63) is 34.3 Å². The van der Waals surface area contributed by atoms with Gasteiger partial charge in [0.25, 0.3) is 0 Å². The van der Waals surface area contributed by atoms with E-state index < -0.39 is 46.7 Å². The summed E-state index contributed by atoms with van der Waals surface area (Å²) in [5.41, 5.74) is -0.653. The number of aliphatic hydroxyl groups is 3. The first kappa shape index (κ1) is 24.0. The van der Waals surface area contributed by atoms with Crippen molar-refractivity contribution in [3.8, 4) is 0 Å². The molecule has 0 aromatic rings. The molecule has 1 saturated carbocycles. The van der Waals surface area contributed by atoms with E-state index in [-0.39, 0.29) is 30.1 Å². The normalized spacial score (nSPS) is 39.4. The molecule has 3 N–H and O–H groups in total. The Morgan fingerprint density at radius 1 is 1.18 bits per heavy atom. The summed E-state index contributed by atoms with van der Waals surface area (Å²) in [6, 6.07) is 0. The Labute approximate surface area is 194 Å². The highest BCUT2D eigenvalue weighted by molar-refractivity contribution is 6.13. The predicted octanol–water partition coefficient (Wildman–Crippen LogP) is 2.02. The van der Waals surface area contributed by atoms with E-state index in [1.165, 1.54) is 7.11 Å². The van der Waals surface area contributed by atoms with Crippen LogP contribution in [0.15, 0.2) is 34.3 Å². The topological polar surface area (TPSA) is 117 Å². The van der Waals surface area contributed by atoms with Crippen molar-refractivity contribution in [2.75, 3.05) is 26.8 Å². The number of ether oxygens (including phenoxy) is 2. The molecule has 1 aliphatic heterocycles. The SMILES string of the molecule is CCN(/C=C1/C(=O)O[C@H](COC)[C@@]2(C)C1=C(O)C(=O)C1=C2[C@H](O)C[C@@]2(C)C1CC[C@@H]2O)CC. The van der Waals surface area contributed by atoms with Crippen LogP contribution >= 0.6 is 0 Å². The van der Waals surface area contributed by atoms with Gasteiger partial charge in [0.15, 0.2) is 5.76 Å². The summed E-state index contributed by atoms with van der Waals surface area (Å²) < 4.78 is 11.2. The number of esters is 1. The average molecular weight is 462 g/mol. The van der Waals surface area contributed by atoms with Crippen LogP contribution in [0.4, 0.5) is 0 Å². The smallest absolute Gasteiger partial charge is 0.340 e. The van der Waals surface area contributed by atoms with Gasteiger partial charge in [-0.25, -0.2) is 4.79 Å². The van der Waals surface area contributed by atoms with E-state index in [0.717, 1.165) is 0 Å². The fraction of sp³-hybridized carbons (Fsp3) is 0.680. The highest BCUT2D eigenvalue weighted by Gasteiger charge is 2.63. The molecule has 2 fully saturated rings. The molecule has 3 aliphatic carbocycles. The van der Waals surface area contributed by atoms with Crippen molar-refractivity contribution >= 4 is 11.8 Å². The Hall–Kier alpha value is -2.16. The number of ketones is 1. The molecule has 0 spiro atoms. The van der Waals surface area contributed by atoms with Crippen LogP contribution in [0.5, 0.6) is 0 Å². The fourth-order valence-corrected chi connectivity index (χ4v) is 6.60. The minimum atomic E-state index is -1.15. The fourth-order valence-electron chi connectivity index (χ4n) is 6.60. The number of hydrogen-bond donors (Lipinski definition) is 3. The monoisotopic (exact) mass is 461 g/mol. The third-order valence-corrected chi connectivity index (χ3v) is 8.49. The van der Waals surface area contributed by atoms with Gasteiger partial charge in [0.2, 0.25) is 5.78 Å². The zero-order chi connectivity index (χ0) is 24.3. The van der Waals surface area contributed by atoms with Gasteiger partial charge in [0.1, 0.15) is 6.10 Å². The Morgan fingerprint density at radius 2 is 1.85 bits per heavy atom. The van der Waals surface area contributed by atoms with Crippen molar-refractivity contribution in [2.24, 2.45) is 16.7 Å². The van der Waals surface area contributed by atoms with Gasteiger partial charge < -0.3 is 29.7 Å². The van der Waals surface area contributed by atoms with Crippen LogP contribution < -0.4 is 0 Å². The van der Waals surface area contributed by atoms with Crippen molar-refractivity contribution < 1.29 is 34.4 Å². The molecule has 0 aromatic carbocycles. The molecule has 0 radical (unpaired) electrons. The quantitative estimate of drug-likeness (QED) is 0.421. The molecule has 6 atom stereocenters. The Kier molecular flexibility index (Phi) is 6.00. The highest BCUT2D eigenvalue weighted by Crippen LogP contribution is 2.62. The van der Waals surface area contributed by atoms with Gasteiger partial charge in [-0.05, 0) is 51.5 Å². The van der Waals surface area contributed by atoms with Crippen LogP contribution in [0, 0.1) is 16.7 Å². The third-order valence-electron chi connectivity index (χ3n) is 8.49. The van der Waals surface area contributed by atoms with Crippen LogP contribution in [0.3, 0.4) is 0 Å². The Balaban J connectivity index is 1.98. The largest absolute Gasteiger partial charge is 0.504 e. The van der Waals surface area contributed by atoms with Gasteiger partial charge >= 0.3 is 5.97 Å². The second kappa shape index (κ2) is 8.25. The molecule has 182 valence electrons. The lowest BCUT2D eigenvalue weighted by molar-refractivity contribution is -0.157. The predicted molar refractivity (Wildman–Crippen MR) is 120 cm³/mol. The van der Waals surface area contributed by atoms with Gasteiger partial charge in [-0.1, -0.05) is 6.92 Å². The number of Topliss-reactive ketones (excluding diaryl/α,β-unsaturated/α-hetero) is 1. The number of aliphatic hydroxyl groups excluding tert-OH is 3. The Bertz CT molecular complexity index is 962. The van der Waals surface area contributed by atoms with Crippen molar-refractivity contribution in [1.82, 2.24) is 4.90 Å². The van der Waals surface area contributed by atoms with Gasteiger partial charge in [0.05, 0.1) is 29.8 Å². The molecule has 8 nitrogen and oxygen atoms in total. The molecule has 0 aromatic heterocycles. The summed E-state index contributed by atoms with van der Waals surface area (Å²) >= 11 is 0. The number of cyclic esters (lactones) is 1. The standard InChI is InChI=1S/C25H35NO7/c1-6-26(7-2)11-13-19-22(30)21(29)18-14-8-9-16(28)24(14,3)10-15(27)20(18)25(19,4)17(12-32-5)33-23(13)31/h11,14-17,27-28,30H,6-10,12H2,1-5H3/b13-11+/t14?,15-,16+,17-,24+,25+/m1/s1. The molecule has 0 bridgehead atoms. The van der Waals surface area contributed by atoms with E-state index >= 15 is 0 Å². The molecule has 4 rings (SSSR count). The number of fused-ring (bicyclic) bond motifs is 4. The highest BCUT2D eigenvalue weighted by atomic mass is 16.6. The molecular formula is C25H35NO7. The van der Waals surface area contributed by atoms with Crippen LogP contribution in [0.25, 0.3) is 0 Å². The second-order valence-electron chi connectivity index (χ2n) is 10.1. The summed E-state index contributed by atoms with van der Waals surface area (Å²) in [6.45, 7) is 8.89. The van der Waals surface area contributed by atoms with Crippen molar-refractivity contribution in [1.29, 1.82) is 0 Å². The second-order valence-corrected chi connectivity index (χ2v) is 10.1. The van der Waals surface area contributed by atoms with E-state index in [2.05, 4.69) is 0 Å². The zero-order valence-corrected chi connectivity index (χ0v) is 20.1. The first-order valence-corrected chi connectivity index (χ1v) is 11.8. The number of rotatable bonds is 5. The molecule has 1 saturated heterocycles. The molecule has 1 unspecified atom stereocenters. The van der Waals surface area contributed by atoms with Crippen LogP contribution in [0.2, 0.25) is 0 Å². The molecule has 8 heteroatoms. The van der Waals surface area contributed by atoms with Crippen molar-refractivity contribution in [2.45, 2.75) is 65.3 Å². The Morgan fingerprint density at radius 3 is 2.45 bits per heavy atom. The van der Waals surface area contributed by atoms with E-state index in [9.17, 15) is 24.9 Å². The molecule has 0 amide bonds. The third kappa shape index (κ3) is 3.21. The molecular weight excluding hydrogens is 426 g/mol. The maximum absolute atomic E-state index is 13.7. The van der Waals surface area contributed by atoms with E-state index in [4.69, 9.17) is 9.47 Å². The summed E-state index contributed by atoms with van der Waals surface area (Å²) in [6.07, 6.45) is 0.530. The number of allylic oxidation sites excluding steroid dienone is 1. The molecule has 33 heavy (non-hydrogen) atoms. The summed E-state index contributed by atoms with van der Waals surface area (Å²) in [7, 11) is 1.49. The molecule has 1 heterocycles. The minimum Gasteiger partial charge on any atom is -0.504 e. The number of methoxy groups -OCH3 is 1. The summed E-state index contributed by atoms with van der Waals surface area (Å²) in [4.78, 5) is 28.6. The first-order valence-electron chi connectivity index (χ1n) is 11.8. The summed E-state index contributed by atoms with van der Waals surface area (Å²) in [5.74, 6) is -1.98. The van der Waals surface area contributed by atoms with Crippen molar-refractivity contribution in [3.63, 3.8) is 0 Å². The van der Waals surface area contributed by atoms with E-state index in [1.54, 1.807) is 6.20 Å². The average Bonchev–Trinajstić information content (AvgIpc) is 3.06. The van der Waals surface area contributed by atoms with Crippen LogP contribution in [-0.4, -0.2) is 77.1 Å². The number of carbonyl (C=O) groups excluding carboxylic acids is 2. The van der Waals surface area contributed by atoms with E-state index in [1.807, 2.05) is 32.6 Å². The lowest BCUT2D eigenvalue weighted by Crippen LogP contribution is -2.56. The number of hydrogen-bond acceptors (Lipinski definition) is 8. The molecule has 4 aliphatic rings. The maximum Gasteiger partial charge on any atom is 0.340 e. The zero-order valence-electron chi connectivity index (χ0n) is 20.1. The lowest BCUT2D eigenvalue weighted by Gasteiger charge is -2.53. The van der Waals surface area contributed by atoms with Gasteiger partial charge in [-0.15, -0.1) is 0 Å². The van der Waals surface area contributed by atoms with Crippen LogP contribution in [0.1, 0.15) is 47.0 Å². The number of carbonyl (C=O) groups is 2. The van der Waals surface area contributed by atoms with Gasteiger partial charge in [0, 0.05) is 43.0 Å². The first-order chi connectivity index (χ1) is 15.6. The summed E-state index contributed by atoms with van der Waals surface area (Å²) in [5, 5.41) is 33.4. The van der Waals surface area contributed by atoms with Gasteiger partial charge in [-0.3, -0.25) is 4.79 Å². The minimum absolute atomic E-state index is 0.0415. The van der Waals surface area contributed by atoms with Crippen LogP contribution in [-0.2, 0) is 19.1 Å².